The number of halogens is 2. The molecule has 0 aromatic heterocycles. The summed E-state index contributed by atoms with van der Waals surface area (Å²) in [6.07, 6.45) is 0. The molecule has 1 atom stereocenters. The van der Waals surface area contributed by atoms with Gasteiger partial charge in [-0.25, -0.2) is 4.39 Å². The van der Waals surface area contributed by atoms with Gasteiger partial charge in [0.15, 0.2) is 11.6 Å². The average Bonchev–Trinajstić information content (AvgIpc) is 2.08. The molecule has 1 rings (SSSR count). The van der Waals surface area contributed by atoms with Crippen molar-refractivity contribution in [2.45, 2.75) is 33.7 Å². The van der Waals surface area contributed by atoms with Crippen LogP contribution in [0.4, 0.5) is 4.39 Å². The molecule has 0 spiro atoms. The van der Waals surface area contributed by atoms with Gasteiger partial charge in [-0.15, -0.1) is 12.4 Å². The SMILES string of the molecule is Cc1cc(F)c(O)c([C@H](N)C(C)(C)C)c1.Cl. The highest BCUT2D eigenvalue weighted by atomic mass is 35.5. The Morgan fingerprint density at radius 1 is 1.31 bits per heavy atom. The molecule has 0 unspecified atom stereocenters. The maximum Gasteiger partial charge on any atom is 0.165 e. The van der Waals surface area contributed by atoms with E-state index in [1.807, 2.05) is 20.8 Å². The summed E-state index contributed by atoms with van der Waals surface area (Å²) in [7, 11) is 0. The van der Waals surface area contributed by atoms with Crippen molar-refractivity contribution in [2.75, 3.05) is 0 Å². The second-order valence-corrected chi connectivity index (χ2v) is 5.03. The molecule has 0 saturated carbocycles. The first-order valence-corrected chi connectivity index (χ1v) is 4.98. The molecule has 0 heterocycles. The summed E-state index contributed by atoms with van der Waals surface area (Å²) in [4.78, 5) is 0. The minimum atomic E-state index is -0.607. The van der Waals surface area contributed by atoms with Gasteiger partial charge in [0.1, 0.15) is 0 Å². The number of aryl methyl sites for hydroxylation is 1. The van der Waals surface area contributed by atoms with Gasteiger partial charge in [-0.2, -0.15) is 0 Å². The van der Waals surface area contributed by atoms with Crippen molar-refractivity contribution in [3.63, 3.8) is 0 Å². The lowest BCUT2D eigenvalue weighted by Crippen LogP contribution is -2.26. The Balaban J connectivity index is 0.00000225. The molecular weight excluding hydrogens is 229 g/mol. The highest BCUT2D eigenvalue weighted by Gasteiger charge is 2.26. The van der Waals surface area contributed by atoms with Gasteiger partial charge < -0.3 is 10.8 Å². The Kier molecular flexibility index (Phi) is 4.77. The largest absolute Gasteiger partial charge is 0.505 e. The third kappa shape index (κ3) is 3.09. The van der Waals surface area contributed by atoms with Crippen molar-refractivity contribution >= 4 is 12.4 Å². The molecule has 0 amide bonds. The van der Waals surface area contributed by atoms with Crippen molar-refractivity contribution in [3.8, 4) is 5.75 Å². The Bertz CT molecular complexity index is 374. The van der Waals surface area contributed by atoms with E-state index in [9.17, 15) is 9.50 Å². The zero-order valence-corrected chi connectivity index (χ0v) is 10.9. The molecule has 0 aliphatic heterocycles. The Morgan fingerprint density at radius 2 is 1.81 bits per heavy atom. The van der Waals surface area contributed by atoms with E-state index in [0.717, 1.165) is 5.56 Å². The van der Waals surface area contributed by atoms with E-state index in [1.54, 1.807) is 13.0 Å². The van der Waals surface area contributed by atoms with Crippen molar-refractivity contribution in [3.05, 3.63) is 29.1 Å². The van der Waals surface area contributed by atoms with E-state index in [1.165, 1.54) is 6.07 Å². The average molecular weight is 248 g/mol. The second kappa shape index (κ2) is 5.02. The first kappa shape index (κ1) is 15.2. The topological polar surface area (TPSA) is 46.2 Å². The predicted octanol–water partition coefficient (Wildman–Crippen LogP) is 3.31. The summed E-state index contributed by atoms with van der Waals surface area (Å²) in [6, 6.07) is 2.65. The van der Waals surface area contributed by atoms with Crippen molar-refractivity contribution in [1.82, 2.24) is 0 Å². The number of phenolic OH excluding ortho intramolecular Hbond substituents is 1. The molecule has 3 N–H and O–H groups in total. The summed E-state index contributed by atoms with van der Waals surface area (Å²) in [5.41, 5.74) is 7.01. The molecule has 0 aliphatic rings. The standard InChI is InChI=1S/C12H18FNO.ClH/c1-7-5-8(10(15)9(13)6-7)11(14)12(2,3)4;/h5-6,11,15H,14H2,1-4H3;1H/t11-;/m0./s1. The quantitative estimate of drug-likeness (QED) is 0.800. The van der Waals surface area contributed by atoms with Crippen LogP contribution in [0.25, 0.3) is 0 Å². The van der Waals surface area contributed by atoms with Gasteiger partial charge in [-0.1, -0.05) is 26.8 Å². The van der Waals surface area contributed by atoms with Crippen LogP contribution < -0.4 is 5.73 Å². The Hall–Kier alpha value is -0.800. The molecule has 0 radical (unpaired) electrons. The minimum Gasteiger partial charge on any atom is -0.505 e. The fraction of sp³-hybridized carbons (Fsp3) is 0.500. The lowest BCUT2D eigenvalue weighted by atomic mass is 9.82. The zero-order chi connectivity index (χ0) is 11.8. The summed E-state index contributed by atoms with van der Waals surface area (Å²) in [5.74, 6) is -0.937. The summed E-state index contributed by atoms with van der Waals surface area (Å²) in [6.45, 7) is 7.65. The molecule has 1 aromatic carbocycles. The number of benzene rings is 1. The van der Waals surface area contributed by atoms with Gasteiger partial charge in [-0.3, -0.25) is 0 Å². The number of phenols is 1. The molecule has 0 bridgehead atoms. The van der Waals surface area contributed by atoms with Crippen molar-refractivity contribution in [1.29, 1.82) is 0 Å². The van der Waals surface area contributed by atoms with Crippen LogP contribution >= 0.6 is 12.4 Å². The van der Waals surface area contributed by atoms with Gasteiger partial charge in [0.25, 0.3) is 0 Å². The number of rotatable bonds is 1. The predicted molar refractivity (Wildman–Crippen MR) is 66.4 cm³/mol. The van der Waals surface area contributed by atoms with Gasteiger partial charge in [0.2, 0.25) is 0 Å². The third-order valence-corrected chi connectivity index (χ3v) is 2.51. The van der Waals surface area contributed by atoms with Crippen LogP contribution in [0.5, 0.6) is 5.75 Å². The molecular formula is C12H19ClFNO. The van der Waals surface area contributed by atoms with Crippen molar-refractivity contribution < 1.29 is 9.50 Å². The van der Waals surface area contributed by atoms with Crippen LogP contribution in [0.1, 0.15) is 37.9 Å². The number of nitrogens with two attached hydrogens (primary N) is 1. The highest BCUT2D eigenvalue weighted by molar-refractivity contribution is 5.85. The monoisotopic (exact) mass is 247 g/mol. The second-order valence-electron chi connectivity index (χ2n) is 5.03. The number of hydrogen-bond acceptors (Lipinski definition) is 2. The van der Waals surface area contributed by atoms with Crippen LogP contribution in [-0.4, -0.2) is 5.11 Å². The lowest BCUT2D eigenvalue weighted by molar-refractivity contribution is 0.313. The van der Waals surface area contributed by atoms with Crippen LogP contribution in [0.2, 0.25) is 0 Å². The first-order valence-electron chi connectivity index (χ1n) is 4.98. The lowest BCUT2D eigenvalue weighted by Gasteiger charge is -2.28. The number of aromatic hydroxyl groups is 1. The molecule has 2 nitrogen and oxygen atoms in total. The maximum atomic E-state index is 13.3. The molecule has 0 saturated heterocycles. The van der Waals surface area contributed by atoms with E-state index >= 15 is 0 Å². The van der Waals surface area contributed by atoms with Gasteiger partial charge in [-0.05, 0) is 24.0 Å². The van der Waals surface area contributed by atoms with Crippen LogP contribution in [0.3, 0.4) is 0 Å². The van der Waals surface area contributed by atoms with Crippen LogP contribution in [0.15, 0.2) is 12.1 Å². The van der Waals surface area contributed by atoms with Gasteiger partial charge in [0, 0.05) is 11.6 Å². The minimum absolute atomic E-state index is 0. The molecule has 0 fully saturated rings. The maximum absolute atomic E-state index is 13.3. The summed E-state index contributed by atoms with van der Waals surface area (Å²) >= 11 is 0. The van der Waals surface area contributed by atoms with E-state index in [-0.39, 0.29) is 29.6 Å². The number of hydrogen-bond donors (Lipinski definition) is 2. The van der Waals surface area contributed by atoms with Gasteiger partial charge >= 0.3 is 0 Å². The molecule has 0 aliphatic carbocycles. The fourth-order valence-electron chi connectivity index (χ4n) is 1.47. The molecule has 1 aromatic rings. The van der Waals surface area contributed by atoms with Crippen molar-refractivity contribution in [2.24, 2.45) is 11.1 Å². The van der Waals surface area contributed by atoms with E-state index < -0.39 is 5.82 Å². The van der Waals surface area contributed by atoms with E-state index in [4.69, 9.17) is 5.73 Å². The fourth-order valence-corrected chi connectivity index (χ4v) is 1.47. The molecule has 4 heteroatoms. The third-order valence-electron chi connectivity index (χ3n) is 2.51. The highest BCUT2D eigenvalue weighted by Crippen LogP contribution is 2.36. The summed E-state index contributed by atoms with van der Waals surface area (Å²) in [5, 5.41) is 9.60. The summed E-state index contributed by atoms with van der Waals surface area (Å²) < 4.78 is 13.3. The van der Waals surface area contributed by atoms with Gasteiger partial charge in [0.05, 0.1) is 0 Å². The normalized spacial score (nSPS) is 13.1. The smallest absolute Gasteiger partial charge is 0.165 e. The Morgan fingerprint density at radius 3 is 2.25 bits per heavy atom. The Labute approximate surface area is 102 Å². The molecule has 16 heavy (non-hydrogen) atoms. The van der Waals surface area contributed by atoms with E-state index in [0.29, 0.717) is 5.56 Å². The zero-order valence-electron chi connectivity index (χ0n) is 10.0. The van der Waals surface area contributed by atoms with Crippen LogP contribution in [-0.2, 0) is 0 Å². The van der Waals surface area contributed by atoms with E-state index in [2.05, 4.69) is 0 Å². The first-order chi connectivity index (χ1) is 6.73. The van der Waals surface area contributed by atoms with Crippen LogP contribution in [0, 0.1) is 18.2 Å². The molecule has 92 valence electrons.